The van der Waals surface area contributed by atoms with E-state index in [4.69, 9.17) is 5.73 Å². The summed E-state index contributed by atoms with van der Waals surface area (Å²) in [7, 11) is 0. The summed E-state index contributed by atoms with van der Waals surface area (Å²) in [5, 5.41) is 3.35. The van der Waals surface area contributed by atoms with Crippen LogP contribution in [0.15, 0.2) is 18.2 Å². The zero-order valence-corrected chi connectivity index (χ0v) is 10.4. The highest BCUT2D eigenvalue weighted by Crippen LogP contribution is 2.30. The van der Waals surface area contributed by atoms with Gasteiger partial charge in [-0.15, -0.1) is 0 Å². The largest absolute Gasteiger partial charge is 0.397 e. The molecule has 1 saturated carbocycles. The second-order valence-corrected chi connectivity index (χ2v) is 5.13. The van der Waals surface area contributed by atoms with Crippen LogP contribution in [0.25, 0.3) is 0 Å². The van der Waals surface area contributed by atoms with Crippen LogP contribution in [0.4, 0.5) is 15.8 Å². The molecule has 0 radical (unpaired) electrons. The van der Waals surface area contributed by atoms with Gasteiger partial charge in [-0.2, -0.15) is 0 Å². The number of halogens is 1. The molecule has 0 bridgehead atoms. The normalized spacial score (nSPS) is 24.6. The van der Waals surface area contributed by atoms with Crippen LogP contribution in [-0.4, -0.2) is 6.54 Å². The third-order valence-electron chi connectivity index (χ3n) is 3.86. The molecule has 2 nitrogen and oxygen atoms in total. The van der Waals surface area contributed by atoms with E-state index in [9.17, 15) is 4.39 Å². The van der Waals surface area contributed by atoms with Crippen molar-refractivity contribution in [2.45, 2.75) is 32.6 Å². The van der Waals surface area contributed by atoms with Crippen LogP contribution in [-0.2, 0) is 0 Å². The van der Waals surface area contributed by atoms with Crippen molar-refractivity contribution in [2.24, 2.45) is 11.8 Å². The SMILES string of the molecule is CC1CCCCC1CNc1ccc(F)cc1N. The van der Waals surface area contributed by atoms with E-state index in [1.807, 2.05) is 0 Å². The number of benzene rings is 1. The first-order valence-electron chi connectivity index (χ1n) is 6.45. The molecular weight excluding hydrogens is 215 g/mol. The Morgan fingerprint density at radius 2 is 2.12 bits per heavy atom. The minimum atomic E-state index is -0.279. The Bertz CT molecular complexity index is 378. The lowest BCUT2D eigenvalue weighted by atomic mass is 9.80. The molecule has 17 heavy (non-hydrogen) atoms. The van der Waals surface area contributed by atoms with Gasteiger partial charge >= 0.3 is 0 Å². The smallest absolute Gasteiger partial charge is 0.125 e. The fraction of sp³-hybridized carbons (Fsp3) is 0.571. The first kappa shape index (κ1) is 12.2. The highest BCUT2D eigenvalue weighted by atomic mass is 19.1. The zero-order chi connectivity index (χ0) is 12.3. The summed E-state index contributed by atoms with van der Waals surface area (Å²) in [5.74, 6) is 1.21. The molecular formula is C14H21FN2. The van der Waals surface area contributed by atoms with Crippen molar-refractivity contribution in [3.05, 3.63) is 24.0 Å². The maximum Gasteiger partial charge on any atom is 0.125 e. The molecule has 1 aliphatic rings. The van der Waals surface area contributed by atoms with E-state index < -0.39 is 0 Å². The third-order valence-corrected chi connectivity index (χ3v) is 3.86. The molecule has 2 unspecified atom stereocenters. The van der Waals surface area contributed by atoms with E-state index in [1.54, 1.807) is 6.07 Å². The van der Waals surface area contributed by atoms with Gasteiger partial charge in [-0.3, -0.25) is 0 Å². The number of nitrogen functional groups attached to an aromatic ring is 1. The molecule has 0 aromatic heterocycles. The fourth-order valence-electron chi connectivity index (χ4n) is 2.63. The van der Waals surface area contributed by atoms with E-state index in [1.165, 1.54) is 37.8 Å². The number of hydrogen-bond donors (Lipinski definition) is 2. The topological polar surface area (TPSA) is 38.0 Å². The van der Waals surface area contributed by atoms with Crippen molar-refractivity contribution < 1.29 is 4.39 Å². The number of nitrogens with one attached hydrogen (secondary N) is 1. The molecule has 94 valence electrons. The third kappa shape index (κ3) is 3.11. The van der Waals surface area contributed by atoms with Crippen molar-refractivity contribution in [1.29, 1.82) is 0 Å². The summed E-state index contributed by atoms with van der Waals surface area (Å²) in [6, 6.07) is 4.54. The molecule has 0 saturated heterocycles. The van der Waals surface area contributed by atoms with Crippen LogP contribution in [0.3, 0.4) is 0 Å². The molecule has 0 amide bonds. The van der Waals surface area contributed by atoms with Gasteiger partial charge in [-0.05, 0) is 36.5 Å². The van der Waals surface area contributed by atoms with Gasteiger partial charge in [-0.1, -0.05) is 26.2 Å². The highest BCUT2D eigenvalue weighted by molar-refractivity contribution is 5.65. The molecule has 2 atom stereocenters. The second kappa shape index (κ2) is 5.39. The lowest BCUT2D eigenvalue weighted by Gasteiger charge is -2.29. The molecule has 2 rings (SSSR count). The molecule has 0 spiro atoms. The number of rotatable bonds is 3. The van der Waals surface area contributed by atoms with Crippen LogP contribution in [0.5, 0.6) is 0 Å². The predicted octanol–water partition coefficient (Wildman–Crippen LogP) is 3.65. The number of hydrogen-bond acceptors (Lipinski definition) is 2. The van der Waals surface area contributed by atoms with E-state index in [2.05, 4.69) is 12.2 Å². The van der Waals surface area contributed by atoms with Gasteiger partial charge in [0.25, 0.3) is 0 Å². The van der Waals surface area contributed by atoms with E-state index in [0.29, 0.717) is 11.6 Å². The molecule has 1 aromatic carbocycles. The second-order valence-electron chi connectivity index (χ2n) is 5.13. The maximum absolute atomic E-state index is 12.9. The standard InChI is InChI=1S/C14H21FN2/c1-10-4-2-3-5-11(10)9-17-14-7-6-12(15)8-13(14)16/h6-8,10-11,17H,2-5,9,16H2,1H3. The van der Waals surface area contributed by atoms with E-state index >= 15 is 0 Å². The molecule has 0 heterocycles. The van der Waals surface area contributed by atoms with Crippen LogP contribution in [0.1, 0.15) is 32.6 Å². The summed E-state index contributed by atoms with van der Waals surface area (Å²) in [6.45, 7) is 3.26. The monoisotopic (exact) mass is 236 g/mol. The Hall–Kier alpha value is -1.25. The first-order valence-corrected chi connectivity index (χ1v) is 6.45. The Labute approximate surface area is 102 Å². The lowest BCUT2D eigenvalue weighted by molar-refractivity contribution is 0.268. The maximum atomic E-state index is 12.9. The van der Waals surface area contributed by atoms with Gasteiger partial charge in [0.15, 0.2) is 0 Å². The Kier molecular flexibility index (Phi) is 3.87. The van der Waals surface area contributed by atoms with Gasteiger partial charge in [0, 0.05) is 6.54 Å². The van der Waals surface area contributed by atoms with Gasteiger partial charge in [0.05, 0.1) is 11.4 Å². The molecule has 0 aliphatic heterocycles. The van der Waals surface area contributed by atoms with Gasteiger partial charge in [0.2, 0.25) is 0 Å². The first-order chi connectivity index (χ1) is 8.16. The number of anilines is 2. The van der Waals surface area contributed by atoms with Crippen LogP contribution in [0.2, 0.25) is 0 Å². The highest BCUT2D eigenvalue weighted by Gasteiger charge is 2.20. The quantitative estimate of drug-likeness (QED) is 0.786. The molecule has 1 aromatic rings. The Morgan fingerprint density at radius 1 is 1.35 bits per heavy atom. The van der Waals surface area contributed by atoms with Crippen LogP contribution in [0, 0.1) is 17.7 Å². The number of nitrogens with two attached hydrogens (primary N) is 1. The summed E-state index contributed by atoms with van der Waals surface area (Å²) < 4.78 is 12.9. The van der Waals surface area contributed by atoms with Gasteiger partial charge in [-0.25, -0.2) is 4.39 Å². The van der Waals surface area contributed by atoms with Crippen molar-refractivity contribution in [2.75, 3.05) is 17.6 Å². The minimum absolute atomic E-state index is 0.279. The van der Waals surface area contributed by atoms with Crippen molar-refractivity contribution in [1.82, 2.24) is 0 Å². The lowest BCUT2D eigenvalue weighted by Crippen LogP contribution is -2.24. The zero-order valence-electron chi connectivity index (χ0n) is 10.4. The van der Waals surface area contributed by atoms with E-state index in [-0.39, 0.29) is 5.82 Å². The predicted molar refractivity (Wildman–Crippen MR) is 70.4 cm³/mol. The average Bonchev–Trinajstić information content (AvgIpc) is 2.30. The summed E-state index contributed by atoms with van der Waals surface area (Å²) in [5.41, 5.74) is 7.11. The van der Waals surface area contributed by atoms with E-state index in [0.717, 1.165) is 18.2 Å². The fourth-order valence-corrected chi connectivity index (χ4v) is 2.63. The summed E-state index contributed by atoms with van der Waals surface area (Å²) in [6.07, 6.45) is 5.30. The minimum Gasteiger partial charge on any atom is -0.397 e. The van der Waals surface area contributed by atoms with Crippen molar-refractivity contribution >= 4 is 11.4 Å². The summed E-state index contributed by atoms with van der Waals surface area (Å²) >= 11 is 0. The van der Waals surface area contributed by atoms with Crippen molar-refractivity contribution in [3.63, 3.8) is 0 Å². The molecule has 1 aliphatic carbocycles. The Morgan fingerprint density at radius 3 is 2.82 bits per heavy atom. The van der Waals surface area contributed by atoms with Crippen LogP contribution < -0.4 is 11.1 Å². The van der Waals surface area contributed by atoms with Crippen LogP contribution >= 0.6 is 0 Å². The Balaban J connectivity index is 1.92. The van der Waals surface area contributed by atoms with Crippen molar-refractivity contribution in [3.8, 4) is 0 Å². The average molecular weight is 236 g/mol. The van der Waals surface area contributed by atoms with Gasteiger partial charge < -0.3 is 11.1 Å². The molecule has 3 N–H and O–H groups in total. The van der Waals surface area contributed by atoms with Gasteiger partial charge in [0.1, 0.15) is 5.82 Å². The molecule has 3 heteroatoms. The molecule has 1 fully saturated rings. The summed E-state index contributed by atoms with van der Waals surface area (Å²) in [4.78, 5) is 0.